The van der Waals surface area contributed by atoms with Crippen molar-refractivity contribution in [3.8, 4) is 5.75 Å². The molecule has 0 aromatic heterocycles. The number of hydrogen-bond acceptors (Lipinski definition) is 3. The Morgan fingerprint density at radius 1 is 0.969 bits per heavy atom. The lowest BCUT2D eigenvalue weighted by Gasteiger charge is -2.40. The van der Waals surface area contributed by atoms with Gasteiger partial charge in [-0.25, -0.2) is 0 Å². The lowest BCUT2D eigenvalue weighted by Crippen LogP contribution is -2.47. The van der Waals surface area contributed by atoms with Gasteiger partial charge in [0.25, 0.3) is 0 Å². The predicted molar refractivity (Wildman–Crippen MR) is 128 cm³/mol. The van der Waals surface area contributed by atoms with Crippen LogP contribution in [0.2, 0.25) is 10.0 Å². The number of likely N-dealkylation sites (tertiary alicyclic amines) is 1. The van der Waals surface area contributed by atoms with E-state index in [1.54, 1.807) is 6.07 Å². The Labute approximate surface area is 198 Å². The van der Waals surface area contributed by atoms with E-state index in [-0.39, 0.29) is 0 Å². The number of para-hydroxylation sites is 1. The quantitative estimate of drug-likeness (QED) is 0.423. The maximum atomic E-state index is 12.1. The van der Waals surface area contributed by atoms with Gasteiger partial charge in [0.05, 0.1) is 16.1 Å². The van der Waals surface area contributed by atoms with Crippen LogP contribution in [0.25, 0.3) is 0 Å². The Morgan fingerprint density at radius 3 is 2.47 bits per heavy atom. The summed E-state index contributed by atoms with van der Waals surface area (Å²) in [5, 5.41) is 10.8. The molecule has 0 spiro atoms. The molecule has 166 valence electrons. The van der Waals surface area contributed by atoms with E-state index >= 15 is 0 Å². The first kappa shape index (κ1) is 22.7. The van der Waals surface area contributed by atoms with Crippen LogP contribution in [-0.2, 0) is 11.4 Å². The average Bonchev–Trinajstić information content (AvgIpc) is 2.82. The molecule has 0 aliphatic carbocycles. The summed E-state index contributed by atoms with van der Waals surface area (Å²) in [6.45, 7) is 1.06. The summed E-state index contributed by atoms with van der Waals surface area (Å²) in [7, 11) is 0. The van der Waals surface area contributed by atoms with Crippen LogP contribution in [0.1, 0.15) is 42.0 Å². The predicted octanol–water partition coefficient (Wildman–Crippen LogP) is 6.60. The van der Waals surface area contributed by atoms with Crippen molar-refractivity contribution in [1.29, 1.82) is 0 Å². The van der Waals surface area contributed by atoms with E-state index in [0.29, 0.717) is 35.4 Å². The lowest BCUT2D eigenvalue weighted by atomic mass is 9.91. The molecule has 1 aliphatic rings. The first-order chi connectivity index (χ1) is 15.6. The third-order valence-corrected chi connectivity index (χ3v) is 6.72. The van der Waals surface area contributed by atoms with Crippen molar-refractivity contribution < 1.29 is 14.6 Å². The summed E-state index contributed by atoms with van der Waals surface area (Å²) in [6.07, 6.45) is 2.40. The zero-order valence-electron chi connectivity index (χ0n) is 17.6. The van der Waals surface area contributed by atoms with Crippen LogP contribution in [0.4, 0.5) is 0 Å². The molecule has 0 radical (unpaired) electrons. The van der Waals surface area contributed by atoms with Crippen molar-refractivity contribution >= 4 is 29.2 Å². The number of hydrogen-bond donors (Lipinski definition) is 1. The molecule has 0 bridgehead atoms. The second-order valence-corrected chi connectivity index (χ2v) is 8.73. The third-order valence-electron chi connectivity index (χ3n) is 5.89. The van der Waals surface area contributed by atoms with Crippen LogP contribution in [0.3, 0.4) is 0 Å². The first-order valence-electron chi connectivity index (χ1n) is 10.7. The average molecular weight is 470 g/mol. The minimum atomic E-state index is -0.824. The van der Waals surface area contributed by atoms with E-state index in [0.717, 1.165) is 29.5 Å². The van der Waals surface area contributed by atoms with Crippen LogP contribution in [-0.4, -0.2) is 28.6 Å². The van der Waals surface area contributed by atoms with Gasteiger partial charge in [-0.05, 0) is 42.6 Å². The Bertz CT molecular complexity index is 1070. The van der Waals surface area contributed by atoms with E-state index in [1.165, 1.54) is 0 Å². The Morgan fingerprint density at radius 2 is 1.69 bits per heavy atom. The van der Waals surface area contributed by atoms with Gasteiger partial charge in [0, 0.05) is 5.56 Å². The number of rotatable bonds is 7. The summed E-state index contributed by atoms with van der Waals surface area (Å²) in [6, 6.07) is 22.2. The molecule has 1 saturated heterocycles. The maximum Gasteiger partial charge on any atom is 0.320 e. The zero-order valence-corrected chi connectivity index (χ0v) is 19.1. The molecule has 4 rings (SSSR count). The summed E-state index contributed by atoms with van der Waals surface area (Å²) in [5.74, 6) is -0.123. The topological polar surface area (TPSA) is 49.8 Å². The van der Waals surface area contributed by atoms with E-state index in [9.17, 15) is 9.90 Å². The van der Waals surface area contributed by atoms with E-state index in [2.05, 4.69) is 0 Å². The van der Waals surface area contributed by atoms with Gasteiger partial charge in [-0.3, -0.25) is 9.69 Å². The molecule has 1 aliphatic heterocycles. The molecular formula is C26H25Cl2NO3. The van der Waals surface area contributed by atoms with Crippen LogP contribution in [0.5, 0.6) is 5.75 Å². The van der Waals surface area contributed by atoms with Crippen molar-refractivity contribution in [1.82, 2.24) is 4.90 Å². The highest BCUT2D eigenvalue weighted by Gasteiger charge is 2.37. The van der Waals surface area contributed by atoms with Crippen molar-refractivity contribution in [2.45, 2.75) is 38.0 Å². The number of carbonyl (C=O) groups is 1. The van der Waals surface area contributed by atoms with E-state index in [4.69, 9.17) is 27.9 Å². The van der Waals surface area contributed by atoms with Crippen molar-refractivity contribution in [3.05, 3.63) is 99.5 Å². The molecule has 4 nitrogen and oxygen atoms in total. The number of carboxylic acid groups (broad SMARTS) is 1. The van der Waals surface area contributed by atoms with Gasteiger partial charge in [-0.1, -0.05) is 90.3 Å². The SMILES string of the molecule is O=C(O)C1CCCCN1C(c1ccccc1OCc1ccccc1)c1cccc(Cl)c1Cl. The lowest BCUT2D eigenvalue weighted by molar-refractivity contribution is -0.145. The number of nitrogens with zero attached hydrogens (tertiary/aromatic N) is 1. The molecule has 1 heterocycles. The van der Waals surface area contributed by atoms with Crippen LogP contribution >= 0.6 is 23.2 Å². The molecule has 0 saturated carbocycles. The molecule has 6 heteroatoms. The molecule has 1 N–H and O–H groups in total. The third kappa shape index (κ3) is 4.93. The second kappa shape index (κ2) is 10.4. The van der Waals surface area contributed by atoms with E-state index < -0.39 is 18.1 Å². The number of benzene rings is 3. The Kier molecular flexibility index (Phi) is 7.36. The highest BCUT2D eigenvalue weighted by molar-refractivity contribution is 6.42. The number of aliphatic carboxylic acids is 1. The van der Waals surface area contributed by atoms with Crippen LogP contribution in [0, 0.1) is 0 Å². The Balaban J connectivity index is 1.78. The number of carboxylic acids is 1. The van der Waals surface area contributed by atoms with Crippen molar-refractivity contribution in [3.63, 3.8) is 0 Å². The summed E-state index contributed by atoms with van der Waals surface area (Å²) in [4.78, 5) is 14.2. The molecular weight excluding hydrogens is 445 g/mol. The highest BCUT2D eigenvalue weighted by atomic mass is 35.5. The molecule has 3 aromatic rings. The minimum Gasteiger partial charge on any atom is -0.489 e. The van der Waals surface area contributed by atoms with Gasteiger partial charge in [0.1, 0.15) is 18.4 Å². The van der Waals surface area contributed by atoms with Gasteiger partial charge in [0.15, 0.2) is 0 Å². The van der Waals surface area contributed by atoms with Gasteiger partial charge in [-0.2, -0.15) is 0 Å². The zero-order chi connectivity index (χ0) is 22.5. The normalized spacial score (nSPS) is 17.6. The number of ether oxygens (including phenoxy) is 1. The van der Waals surface area contributed by atoms with Crippen LogP contribution in [0.15, 0.2) is 72.8 Å². The minimum absolute atomic E-state index is 0.394. The van der Waals surface area contributed by atoms with E-state index in [1.807, 2.05) is 71.6 Å². The molecule has 2 unspecified atom stereocenters. The van der Waals surface area contributed by atoms with Gasteiger partial charge >= 0.3 is 5.97 Å². The van der Waals surface area contributed by atoms with Crippen LogP contribution < -0.4 is 4.74 Å². The smallest absolute Gasteiger partial charge is 0.320 e. The number of piperidine rings is 1. The van der Waals surface area contributed by atoms with Gasteiger partial charge in [-0.15, -0.1) is 0 Å². The summed E-state index contributed by atoms with van der Waals surface area (Å²) in [5.41, 5.74) is 2.71. The molecule has 0 amide bonds. The number of halogens is 2. The van der Waals surface area contributed by atoms with Crippen molar-refractivity contribution in [2.75, 3.05) is 6.54 Å². The summed E-state index contributed by atoms with van der Waals surface area (Å²) < 4.78 is 6.23. The summed E-state index contributed by atoms with van der Waals surface area (Å²) >= 11 is 13.0. The fraction of sp³-hybridized carbons (Fsp3) is 0.269. The maximum absolute atomic E-state index is 12.1. The molecule has 32 heavy (non-hydrogen) atoms. The Hall–Kier alpha value is -2.53. The highest BCUT2D eigenvalue weighted by Crippen LogP contribution is 2.42. The largest absolute Gasteiger partial charge is 0.489 e. The molecule has 2 atom stereocenters. The van der Waals surface area contributed by atoms with Gasteiger partial charge in [0.2, 0.25) is 0 Å². The fourth-order valence-electron chi connectivity index (χ4n) is 4.36. The van der Waals surface area contributed by atoms with Gasteiger partial charge < -0.3 is 9.84 Å². The standard InChI is InChI=1S/C26H25Cl2NO3/c27-21-13-8-12-20(24(21)28)25(29-16-7-6-14-22(29)26(30)31)19-11-4-5-15-23(19)32-17-18-9-2-1-3-10-18/h1-5,8-13,15,22,25H,6-7,14,16-17H2,(H,30,31). The van der Waals surface area contributed by atoms with Crippen molar-refractivity contribution in [2.24, 2.45) is 0 Å². The molecule has 3 aromatic carbocycles. The first-order valence-corrected chi connectivity index (χ1v) is 11.5. The fourth-order valence-corrected chi connectivity index (χ4v) is 4.77. The molecule has 1 fully saturated rings. The monoisotopic (exact) mass is 469 g/mol. The second-order valence-electron chi connectivity index (χ2n) is 7.95.